The quantitative estimate of drug-likeness (QED) is 0.698. The molecule has 8 heteroatoms. The Kier molecular flexibility index (Phi) is 3.05. The van der Waals surface area contributed by atoms with Crippen LogP contribution in [0.5, 0.6) is 0 Å². The number of nitrogens with zero attached hydrogens (tertiary/aromatic N) is 3. The maximum absolute atomic E-state index is 11.5. The van der Waals surface area contributed by atoms with Crippen LogP contribution in [0.3, 0.4) is 0 Å². The van der Waals surface area contributed by atoms with Crippen molar-refractivity contribution in [3.8, 4) is 0 Å². The predicted molar refractivity (Wildman–Crippen MR) is 75.2 cm³/mol. The third kappa shape index (κ3) is 2.10. The number of hydrogen-bond donors (Lipinski definition) is 3. The smallest absolute Gasteiger partial charge is 0.316 e. The van der Waals surface area contributed by atoms with E-state index in [1.54, 1.807) is 5.01 Å². The highest BCUT2D eigenvalue weighted by atomic mass is 16.5. The lowest BCUT2D eigenvalue weighted by Gasteiger charge is -2.33. The van der Waals surface area contributed by atoms with Crippen molar-refractivity contribution in [1.82, 2.24) is 5.32 Å². The Morgan fingerprint density at radius 1 is 1.48 bits per heavy atom. The van der Waals surface area contributed by atoms with Crippen molar-refractivity contribution in [2.24, 2.45) is 15.9 Å². The van der Waals surface area contributed by atoms with E-state index in [2.05, 4.69) is 15.5 Å². The second-order valence-electron chi connectivity index (χ2n) is 4.71. The lowest BCUT2D eigenvalue weighted by Crippen LogP contribution is -2.53. The molecule has 21 heavy (non-hydrogen) atoms. The second kappa shape index (κ2) is 4.89. The molecule has 0 fully saturated rings. The van der Waals surface area contributed by atoms with E-state index < -0.39 is 12.1 Å². The van der Waals surface area contributed by atoms with E-state index >= 15 is 0 Å². The van der Waals surface area contributed by atoms with Gasteiger partial charge in [-0.3, -0.25) is 4.79 Å². The highest BCUT2D eigenvalue weighted by Crippen LogP contribution is 2.29. The zero-order valence-electron chi connectivity index (χ0n) is 11.3. The number of hydrogen-bond acceptors (Lipinski definition) is 7. The van der Waals surface area contributed by atoms with E-state index in [0.717, 1.165) is 11.4 Å². The SMILES string of the molecule is CC1=NN(c2ccccc2)C2OC(N)=C(C(=O)N=N)NC12. The Balaban J connectivity index is 1.94. The molecule has 1 aromatic rings. The van der Waals surface area contributed by atoms with Gasteiger partial charge in [0.25, 0.3) is 0 Å². The van der Waals surface area contributed by atoms with Crippen molar-refractivity contribution in [3.63, 3.8) is 0 Å². The van der Waals surface area contributed by atoms with Gasteiger partial charge in [0.2, 0.25) is 12.1 Å². The van der Waals surface area contributed by atoms with Gasteiger partial charge in [-0.25, -0.2) is 10.5 Å². The molecule has 4 N–H and O–H groups in total. The van der Waals surface area contributed by atoms with Gasteiger partial charge in [0.05, 0.1) is 11.4 Å². The van der Waals surface area contributed by atoms with Crippen LogP contribution in [-0.4, -0.2) is 23.9 Å². The number of ether oxygens (including phenoxy) is 1. The fraction of sp³-hybridized carbons (Fsp3) is 0.231. The van der Waals surface area contributed by atoms with Crippen LogP contribution in [0.4, 0.5) is 5.69 Å². The molecule has 0 saturated heterocycles. The molecule has 0 aromatic heterocycles. The van der Waals surface area contributed by atoms with E-state index in [0.29, 0.717) is 0 Å². The highest BCUT2D eigenvalue weighted by Gasteiger charge is 2.43. The molecule has 2 atom stereocenters. The summed E-state index contributed by atoms with van der Waals surface area (Å²) in [7, 11) is 0. The molecule has 8 nitrogen and oxygen atoms in total. The maximum atomic E-state index is 11.5. The number of amides is 1. The Morgan fingerprint density at radius 3 is 2.86 bits per heavy atom. The van der Waals surface area contributed by atoms with Gasteiger partial charge >= 0.3 is 5.91 Å². The van der Waals surface area contributed by atoms with Gasteiger partial charge in [-0.1, -0.05) is 18.2 Å². The first-order valence-electron chi connectivity index (χ1n) is 6.36. The molecule has 2 aliphatic heterocycles. The van der Waals surface area contributed by atoms with Crippen molar-refractivity contribution in [1.29, 1.82) is 5.53 Å². The molecule has 108 valence electrons. The van der Waals surface area contributed by atoms with Crippen LogP contribution in [-0.2, 0) is 9.53 Å². The minimum Gasteiger partial charge on any atom is -0.449 e. The summed E-state index contributed by atoms with van der Waals surface area (Å²) in [5.41, 5.74) is 14.2. The van der Waals surface area contributed by atoms with Crippen molar-refractivity contribution >= 4 is 17.3 Å². The van der Waals surface area contributed by atoms with Gasteiger partial charge in [-0.2, -0.15) is 5.10 Å². The summed E-state index contributed by atoms with van der Waals surface area (Å²) in [6.07, 6.45) is -0.477. The molecule has 0 saturated carbocycles. The second-order valence-corrected chi connectivity index (χ2v) is 4.71. The molecule has 2 heterocycles. The minimum atomic E-state index is -0.767. The number of nitrogens with two attached hydrogens (primary N) is 1. The molecule has 0 bridgehead atoms. The number of rotatable bonds is 2. The summed E-state index contributed by atoms with van der Waals surface area (Å²) < 4.78 is 5.63. The zero-order valence-corrected chi connectivity index (χ0v) is 11.3. The number of carbonyl (C=O) groups excluding carboxylic acids is 1. The Hall–Kier alpha value is -2.90. The van der Waals surface area contributed by atoms with Gasteiger partial charge in [-0.05, 0) is 19.1 Å². The summed E-state index contributed by atoms with van der Waals surface area (Å²) in [5, 5.41) is 12.0. The van der Waals surface area contributed by atoms with Crippen LogP contribution in [0, 0.1) is 5.53 Å². The van der Waals surface area contributed by atoms with Crippen molar-refractivity contribution in [2.75, 3.05) is 5.01 Å². The minimum absolute atomic E-state index is 0.00397. The number of carbonyl (C=O) groups is 1. The van der Waals surface area contributed by atoms with Crippen LogP contribution in [0.2, 0.25) is 0 Å². The summed E-state index contributed by atoms with van der Waals surface area (Å²) in [6, 6.07) is 9.20. The molecule has 0 radical (unpaired) electrons. The maximum Gasteiger partial charge on any atom is 0.316 e. The van der Waals surface area contributed by atoms with Gasteiger partial charge in [0.1, 0.15) is 6.04 Å². The lowest BCUT2D eigenvalue weighted by molar-refractivity contribution is -0.116. The monoisotopic (exact) mass is 286 g/mol. The number of anilines is 1. The number of fused-ring (bicyclic) bond motifs is 1. The molecule has 3 rings (SSSR count). The molecular formula is C13H14N6O2. The number of nitrogens with one attached hydrogen (secondary N) is 2. The first-order valence-corrected chi connectivity index (χ1v) is 6.36. The summed E-state index contributed by atoms with van der Waals surface area (Å²) in [5.74, 6) is -0.847. The van der Waals surface area contributed by atoms with Gasteiger partial charge in [0, 0.05) is 0 Å². The van der Waals surface area contributed by atoms with Crippen molar-refractivity contribution in [2.45, 2.75) is 19.2 Å². The van der Waals surface area contributed by atoms with Gasteiger partial charge in [-0.15, -0.1) is 5.11 Å². The average Bonchev–Trinajstić information content (AvgIpc) is 2.83. The Morgan fingerprint density at radius 2 is 2.19 bits per heavy atom. The van der Waals surface area contributed by atoms with E-state index in [-0.39, 0.29) is 17.6 Å². The molecule has 1 amide bonds. The number of hydrazone groups is 1. The standard InChI is InChI=1S/C13H14N6O2/c1-7-9-13(19(18-7)8-5-3-2-4-6-8)21-11(14)10(16-9)12(20)17-15/h2-6,9,13,15-16H,14H2,1H3. The van der Waals surface area contributed by atoms with E-state index in [4.69, 9.17) is 16.0 Å². The van der Waals surface area contributed by atoms with Crippen molar-refractivity contribution < 1.29 is 9.53 Å². The van der Waals surface area contributed by atoms with E-state index in [1.807, 2.05) is 37.3 Å². The molecular weight excluding hydrogens is 272 g/mol. The van der Waals surface area contributed by atoms with E-state index in [9.17, 15) is 4.79 Å². The van der Waals surface area contributed by atoms with Crippen LogP contribution < -0.4 is 16.1 Å². The average molecular weight is 286 g/mol. The third-order valence-electron chi connectivity index (χ3n) is 3.37. The normalized spacial score (nSPS) is 23.9. The Bertz CT molecular complexity index is 654. The summed E-state index contributed by atoms with van der Waals surface area (Å²) >= 11 is 0. The van der Waals surface area contributed by atoms with Gasteiger partial charge < -0.3 is 15.8 Å². The largest absolute Gasteiger partial charge is 0.449 e. The van der Waals surface area contributed by atoms with Crippen LogP contribution >= 0.6 is 0 Å². The van der Waals surface area contributed by atoms with Crippen LogP contribution in [0.1, 0.15) is 6.92 Å². The van der Waals surface area contributed by atoms with Crippen LogP contribution in [0.15, 0.2) is 52.1 Å². The Labute approximate surface area is 120 Å². The summed E-state index contributed by atoms with van der Waals surface area (Å²) in [6.45, 7) is 1.83. The highest BCUT2D eigenvalue weighted by molar-refractivity contribution is 5.97. The summed E-state index contributed by atoms with van der Waals surface area (Å²) in [4.78, 5) is 11.5. The fourth-order valence-electron chi connectivity index (χ4n) is 2.35. The third-order valence-corrected chi connectivity index (χ3v) is 3.37. The molecule has 2 aliphatic rings. The predicted octanol–water partition coefficient (Wildman–Crippen LogP) is 0.882. The number of benzene rings is 1. The molecule has 0 spiro atoms. The first kappa shape index (κ1) is 13.1. The topological polar surface area (TPSA) is 116 Å². The first-order chi connectivity index (χ1) is 10.1. The van der Waals surface area contributed by atoms with Crippen LogP contribution in [0.25, 0.3) is 0 Å². The fourth-order valence-corrected chi connectivity index (χ4v) is 2.35. The number of para-hydroxylation sites is 1. The molecule has 2 unspecified atom stereocenters. The van der Waals surface area contributed by atoms with Crippen molar-refractivity contribution in [3.05, 3.63) is 41.9 Å². The molecule has 0 aliphatic carbocycles. The lowest BCUT2D eigenvalue weighted by atomic mass is 10.1. The van der Waals surface area contributed by atoms with E-state index in [1.165, 1.54) is 0 Å². The van der Waals surface area contributed by atoms with Gasteiger partial charge in [0.15, 0.2) is 5.70 Å². The molecule has 1 aromatic carbocycles. The zero-order chi connectivity index (χ0) is 15.0.